The quantitative estimate of drug-likeness (QED) is 0.759. The van der Waals surface area contributed by atoms with Crippen LogP contribution in [0, 0.1) is 11.3 Å². The lowest BCUT2D eigenvalue weighted by molar-refractivity contribution is -0.123. The molecule has 6 heteroatoms. The minimum absolute atomic E-state index is 0.138. The van der Waals surface area contributed by atoms with E-state index >= 15 is 0 Å². The minimum Gasteiger partial charge on any atom is -0.490 e. The molecule has 130 valence electrons. The van der Waals surface area contributed by atoms with Crippen LogP contribution >= 0.6 is 15.9 Å². The van der Waals surface area contributed by atoms with Crippen LogP contribution in [-0.4, -0.2) is 19.1 Å². The molecule has 0 fully saturated rings. The highest BCUT2D eigenvalue weighted by atomic mass is 79.9. The summed E-state index contributed by atoms with van der Waals surface area (Å²) in [6.07, 6.45) is 0. The summed E-state index contributed by atoms with van der Waals surface area (Å²) in [5.41, 5.74) is 1.46. The third-order valence-electron chi connectivity index (χ3n) is 3.48. The molecule has 0 aliphatic heterocycles. The molecule has 2 rings (SSSR count). The molecule has 25 heavy (non-hydrogen) atoms. The molecule has 0 spiro atoms. The Balaban J connectivity index is 1.98. The van der Waals surface area contributed by atoms with Gasteiger partial charge in [0.1, 0.15) is 0 Å². The van der Waals surface area contributed by atoms with E-state index in [1.54, 1.807) is 18.2 Å². The predicted octanol–water partition coefficient (Wildman–Crippen LogP) is 3.98. The third-order valence-corrected chi connectivity index (χ3v) is 4.20. The van der Waals surface area contributed by atoms with E-state index in [1.165, 1.54) is 0 Å². The fourth-order valence-corrected chi connectivity index (χ4v) is 2.92. The number of hydrogen-bond donors (Lipinski definition) is 1. The van der Waals surface area contributed by atoms with Gasteiger partial charge in [0.15, 0.2) is 18.1 Å². The highest BCUT2D eigenvalue weighted by Crippen LogP contribution is 2.28. The molecule has 0 unspecified atom stereocenters. The molecule has 5 nitrogen and oxygen atoms in total. The Labute approximate surface area is 155 Å². The van der Waals surface area contributed by atoms with Gasteiger partial charge in [-0.15, -0.1) is 0 Å². The SMILES string of the molecule is CCOc1cc(C#N)ccc1OCC(=O)N[C@@H](C)c1ccccc1Br. The van der Waals surface area contributed by atoms with Gasteiger partial charge >= 0.3 is 0 Å². The van der Waals surface area contributed by atoms with Crippen molar-refractivity contribution in [1.82, 2.24) is 5.32 Å². The second kappa shape index (κ2) is 9.09. The van der Waals surface area contributed by atoms with Crippen molar-refractivity contribution in [2.45, 2.75) is 19.9 Å². The second-order valence-corrected chi connectivity index (χ2v) is 6.16. The number of nitrogens with one attached hydrogen (secondary N) is 1. The van der Waals surface area contributed by atoms with Crippen LogP contribution in [0.1, 0.15) is 31.0 Å². The number of halogens is 1. The van der Waals surface area contributed by atoms with E-state index in [0.717, 1.165) is 10.0 Å². The molecule has 2 aromatic carbocycles. The molecule has 2 aromatic rings. The van der Waals surface area contributed by atoms with Gasteiger partial charge in [-0.3, -0.25) is 4.79 Å². The maximum Gasteiger partial charge on any atom is 0.258 e. The van der Waals surface area contributed by atoms with Gasteiger partial charge in [-0.05, 0) is 37.6 Å². The second-order valence-electron chi connectivity index (χ2n) is 5.31. The lowest BCUT2D eigenvalue weighted by Crippen LogP contribution is -2.31. The zero-order valence-corrected chi connectivity index (χ0v) is 15.7. The number of nitriles is 1. The van der Waals surface area contributed by atoms with E-state index in [2.05, 4.69) is 21.2 Å². The standard InChI is InChI=1S/C19H19BrN2O3/c1-3-24-18-10-14(11-21)8-9-17(18)25-12-19(23)22-13(2)15-6-4-5-7-16(15)20/h4-10,13H,3,12H2,1-2H3,(H,22,23)/t13-/m0/s1. The monoisotopic (exact) mass is 402 g/mol. The van der Waals surface area contributed by atoms with Crippen LogP contribution in [0.3, 0.4) is 0 Å². The molecule has 0 aliphatic rings. The van der Waals surface area contributed by atoms with Gasteiger partial charge in [0.05, 0.1) is 24.3 Å². The highest BCUT2D eigenvalue weighted by Gasteiger charge is 2.14. The zero-order chi connectivity index (χ0) is 18.2. The summed E-state index contributed by atoms with van der Waals surface area (Å²) in [5.74, 6) is 0.646. The lowest BCUT2D eigenvalue weighted by atomic mass is 10.1. The van der Waals surface area contributed by atoms with Crippen LogP contribution in [0.5, 0.6) is 11.5 Å². The first-order chi connectivity index (χ1) is 12.0. The first-order valence-corrected chi connectivity index (χ1v) is 8.68. The van der Waals surface area contributed by atoms with Crippen molar-refractivity contribution in [2.24, 2.45) is 0 Å². The molecule has 0 heterocycles. The van der Waals surface area contributed by atoms with Crippen molar-refractivity contribution in [2.75, 3.05) is 13.2 Å². The van der Waals surface area contributed by atoms with Crippen molar-refractivity contribution in [3.05, 3.63) is 58.1 Å². The van der Waals surface area contributed by atoms with Crippen molar-refractivity contribution in [3.8, 4) is 17.6 Å². The molecular weight excluding hydrogens is 384 g/mol. The van der Waals surface area contributed by atoms with Gasteiger partial charge in [-0.2, -0.15) is 5.26 Å². The Hall–Kier alpha value is -2.52. The zero-order valence-electron chi connectivity index (χ0n) is 14.1. The number of carbonyl (C=O) groups excluding carboxylic acids is 1. The summed E-state index contributed by atoms with van der Waals surface area (Å²) in [7, 11) is 0. The van der Waals surface area contributed by atoms with E-state index < -0.39 is 0 Å². The molecule has 0 saturated heterocycles. The topological polar surface area (TPSA) is 71.3 Å². The van der Waals surface area contributed by atoms with E-state index in [9.17, 15) is 4.79 Å². The third kappa shape index (κ3) is 5.23. The van der Waals surface area contributed by atoms with Crippen LogP contribution in [0.25, 0.3) is 0 Å². The first kappa shape index (κ1) is 18.8. The molecule has 1 amide bonds. The van der Waals surface area contributed by atoms with E-state index in [-0.39, 0.29) is 18.6 Å². The summed E-state index contributed by atoms with van der Waals surface area (Å²) in [6.45, 7) is 4.05. The Morgan fingerprint density at radius 3 is 2.68 bits per heavy atom. The number of amides is 1. The van der Waals surface area contributed by atoms with Crippen LogP contribution in [0.4, 0.5) is 0 Å². The Bertz CT molecular complexity index is 786. The fraction of sp³-hybridized carbons (Fsp3) is 0.263. The Kier molecular flexibility index (Phi) is 6.84. The van der Waals surface area contributed by atoms with Crippen LogP contribution in [0.2, 0.25) is 0 Å². The number of ether oxygens (including phenoxy) is 2. The van der Waals surface area contributed by atoms with E-state index in [1.807, 2.05) is 44.2 Å². The number of rotatable bonds is 7. The van der Waals surface area contributed by atoms with Crippen LogP contribution < -0.4 is 14.8 Å². The maximum atomic E-state index is 12.2. The molecule has 0 aromatic heterocycles. The molecular formula is C19H19BrN2O3. The van der Waals surface area contributed by atoms with Crippen molar-refractivity contribution < 1.29 is 14.3 Å². The van der Waals surface area contributed by atoms with Crippen molar-refractivity contribution in [3.63, 3.8) is 0 Å². The lowest BCUT2D eigenvalue weighted by Gasteiger charge is -2.17. The van der Waals surface area contributed by atoms with Gasteiger partial charge in [-0.25, -0.2) is 0 Å². The summed E-state index contributed by atoms with van der Waals surface area (Å²) in [6, 6.07) is 14.5. The largest absolute Gasteiger partial charge is 0.490 e. The Morgan fingerprint density at radius 2 is 2.00 bits per heavy atom. The smallest absolute Gasteiger partial charge is 0.258 e. The number of nitrogens with zero attached hydrogens (tertiary/aromatic N) is 1. The van der Waals surface area contributed by atoms with Gasteiger partial charge in [0, 0.05) is 10.5 Å². The average molecular weight is 403 g/mol. The number of benzene rings is 2. The van der Waals surface area contributed by atoms with Crippen molar-refractivity contribution >= 4 is 21.8 Å². The van der Waals surface area contributed by atoms with Gasteiger partial charge in [0.25, 0.3) is 5.91 Å². The maximum absolute atomic E-state index is 12.2. The van der Waals surface area contributed by atoms with Crippen LogP contribution in [0.15, 0.2) is 46.9 Å². The summed E-state index contributed by atoms with van der Waals surface area (Å²) in [5, 5.41) is 11.8. The van der Waals surface area contributed by atoms with Crippen molar-refractivity contribution in [1.29, 1.82) is 5.26 Å². The normalized spacial score (nSPS) is 11.3. The van der Waals surface area contributed by atoms with E-state index in [0.29, 0.717) is 23.7 Å². The minimum atomic E-state index is -0.241. The fourth-order valence-electron chi connectivity index (χ4n) is 2.30. The van der Waals surface area contributed by atoms with Gasteiger partial charge < -0.3 is 14.8 Å². The average Bonchev–Trinajstić information content (AvgIpc) is 2.61. The molecule has 0 radical (unpaired) electrons. The molecule has 0 aliphatic carbocycles. The number of carbonyl (C=O) groups is 1. The Morgan fingerprint density at radius 1 is 1.24 bits per heavy atom. The summed E-state index contributed by atoms with van der Waals surface area (Å²) in [4.78, 5) is 12.2. The van der Waals surface area contributed by atoms with Gasteiger partial charge in [-0.1, -0.05) is 34.1 Å². The highest BCUT2D eigenvalue weighted by molar-refractivity contribution is 9.10. The first-order valence-electron chi connectivity index (χ1n) is 7.88. The molecule has 1 N–H and O–H groups in total. The summed E-state index contributed by atoms with van der Waals surface area (Å²) < 4.78 is 12.0. The van der Waals surface area contributed by atoms with E-state index in [4.69, 9.17) is 14.7 Å². The molecule has 1 atom stereocenters. The molecule has 0 bridgehead atoms. The predicted molar refractivity (Wildman–Crippen MR) is 98.5 cm³/mol. The van der Waals surface area contributed by atoms with Crippen LogP contribution in [-0.2, 0) is 4.79 Å². The van der Waals surface area contributed by atoms with Gasteiger partial charge in [0.2, 0.25) is 0 Å². The summed E-state index contributed by atoms with van der Waals surface area (Å²) >= 11 is 3.48. The molecule has 0 saturated carbocycles. The number of hydrogen-bond acceptors (Lipinski definition) is 4.